The summed E-state index contributed by atoms with van der Waals surface area (Å²) in [6, 6.07) is 5.18. The van der Waals surface area contributed by atoms with Crippen molar-refractivity contribution in [2.24, 2.45) is 0 Å². The summed E-state index contributed by atoms with van der Waals surface area (Å²) >= 11 is 1.57. The standard InChI is InChI=1S/C20H25N3O3S/c1-12-4-6-16(13(2)8-12)20(26)22-17-9-23(10-18(17)24)19(25)7-5-15-11-27-14(3)21-15/h4,6,8,11,17-18,24H,5,7,9-10H2,1-3H3,(H,22,26)/t17-,18-/m1/s1. The zero-order valence-corrected chi connectivity index (χ0v) is 16.7. The molecule has 2 N–H and O–H groups in total. The highest BCUT2D eigenvalue weighted by Gasteiger charge is 2.35. The van der Waals surface area contributed by atoms with Crippen molar-refractivity contribution in [2.75, 3.05) is 13.1 Å². The lowest BCUT2D eigenvalue weighted by Gasteiger charge is -2.17. The number of aryl methyl sites for hydroxylation is 4. The molecule has 0 unspecified atom stereocenters. The quantitative estimate of drug-likeness (QED) is 0.822. The van der Waals surface area contributed by atoms with Crippen LogP contribution in [-0.4, -0.2) is 52.0 Å². The smallest absolute Gasteiger partial charge is 0.251 e. The Hall–Kier alpha value is -2.25. The average Bonchev–Trinajstić information content (AvgIpc) is 3.18. The molecule has 6 nitrogen and oxygen atoms in total. The maximum atomic E-state index is 12.5. The highest BCUT2D eigenvalue weighted by atomic mass is 32.1. The van der Waals surface area contributed by atoms with Crippen molar-refractivity contribution < 1.29 is 14.7 Å². The lowest BCUT2D eigenvalue weighted by atomic mass is 10.0. The summed E-state index contributed by atoms with van der Waals surface area (Å²) in [5.41, 5.74) is 3.50. The van der Waals surface area contributed by atoms with Gasteiger partial charge in [0.25, 0.3) is 5.91 Å². The van der Waals surface area contributed by atoms with E-state index in [4.69, 9.17) is 0 Å². The minimum atomic E-state index is -0.759. The molecule has 1 aromatic heterocycles. The van der Waals surface area contributed by atoms with Crippen molar-refractivity contribution in [2.45, 2.75) is 45.8 Å². The number of benzene rings is 1. The van der Waals surface area contributed by atoms with E-state index in [1.165, 1.54) is 0 Å². The molecule has 27 heavy (non-hydrogen) atoms. The van der Waals surface area contributed by atoms with Gasteiger partial charge in [-0.3, -0.25) is 9.59 Å². The van der Waals surface area contributed by atoms with Crippen LogP contribution < -0.4 is 5.32 Å². The zero-order chi connectivity index (χ0) is 19.6. The van der Waals surface area contributed by atoms with Gasteiger partial charge in [0.1, 0.15) is 0 Å². The molecule has 3 rings (SSSR count). The Labute approximate surface area is 163 Å². The summed E-state index contributed by atoms with van der Waals surface area (Å²) in [6.07, 6.45) is 0.188. The van der Waals surface area contributed by atoms with E-state index in [-0.39, 0.29) is 18.4 Å². The second kappa shape index (κ2) is 8.19. The zero-order valence-electron chi connectivity index (χ0n) is 15.9. The van der Waals surface area contributed by atoms with Gasteiger partial charge in [-0.05, 0) is 38.8 Å². The molecule has 1 saturated heterocycles. The number of amides is 2. The Morgan fingerprint density at radius 3 is 2.74 bits per heavy atom. The van der Waals surface area contributed by atoms with Crippen molar-refractivity contribution in [3.05, 3.63) is 51.0 Å². The molecule has 1 aliphatic rings. The third-order valence-corrected chi connectivity index (χ3v) is 5.67. The third-order valence-electron chi connectivity index (χ3n) is 4.85. The maximum absolute atomic E-state index is 12.5. The Balaban J connectivity index is 1.55. The number of aliphatic hydroxyl groups is 1. The molecule has 1 aromatic carbocycles. The Bertz CT molecular complexity index is 849. The topological polar surface area (TPSA) is 82.5 Å². The van der Waals surface area contributed by atoms with Gasteiger partial charge in [-0.15, -0.1) is 11.3 Å². The summed E-state index contributed by atoms with van der Waals surface area (Å²) in [7, 11) is 0. The molecule has 2 amide bonds. The number of aromatic nitrogens is 1. The summed E-state index contributed by atoms with van der Waals surface area (Å²) < 4.78 is 0. The first-order chi connectivity index (χ1) is 12.8. The molecule has 0 aliphatic carbocycles. The van der Waals surface area contributed by atoms with E-state index in [1.54, 1.807) is 22.3 Å². The summed E-state index contributed by atoms with van der Waals surface area (Å²) in [6.45, 7) is 6.38. The van der Waals surface area contributed by atoms with Crippen molar-refractivity contribution in [3.8, 4) is 0 Å². The first kappa shape index (κ1) is 19.5. The number of carbonyl (C=O) groups is 2. The fraction of sp³-hybridized carbons (Fsp3) is 0.450. The fourth-order valence-corrected chi connectivity index (χ4v) is 4.01. The van der Waals surface area contributed by atoms with E-state index in [0.29, 0.717) is 24.9 Å². The van der Waals surface area contributed by atoms with Crippen LogP contribution >= 0.6 is 11.3 Å². The van der Waals surface area contributed by atoms with Gasteiger partial charge in [-0.25, -0.2) is 4.98 Å². The van der Waals surface area contributed by atoms with E-state index in [9.17, 15) is 14.7 Å². The van der Waals surface area contributed by atoms with Crippen molar-refractivity contribution in [3.63, 3.8) is 0 Å². The van der Waals surface area contributed by atoms with Gasteiger partial charge in [0.15, 0.2) is 0 Å². The monoisotopic (exact) mass is 387 g/mol. The van der Waals surface area contributed by atoms with Gasteiger partial charge in [0.05, 0.1) is 22.8 Å². The molecule has 0 radical (unpaired) electrons. The molecule has 2 atom stereocenters. The Morgan fingerprint density at radius 1 is 1.30 bits per heavy atom. The number of nitrogens with zero attached hydrogens (tertiary/aromatic N) is 2. The molecule has 7 heteroatoms. The molecule has 1 aliphatic heterocycles. The van der Waals surface area contributed by atoms with Gasteiger partial charge >= 0.3 is 0 Å². The first-order valence-corrected chi connectivity index (χ1v) is 9.96. The van der Waals surface area contributed by atoms with Crippen LogP contribution in [0, 0.1) is 20.8 Å². The molecule has 1 fully saturated rings. The van der Waals surface area contributed by atoms with Gasteiger partial charge in [0.2, 0.25) is 5.91 Å². The van der Waals surface area contributed by atoms with E-state index in [0.717, 1.165) is 21.8 Å². The normalized spacial score (nSPS) is 19.3. The molecule has 144 valence electrons. The van der Waals surface area contributed by atoms with Gasteiger partial charge in [0, 0.05) is 30.5 Å². The molecular weight excluding hydrogens is 362 g/mol. The second-order valence-corrected chi connectivity index (χ2v) is 8.18. The average molecular weight is 388 g/mol. The fourth-order valence-electron chi connectivity index (χ4n) is 3.36. The molecule has 2 aromatic rings. The molecule has 0 saturated carbocycles. The van der Waals surface area contributed by atoms with Crippen LogP contribution in [0.15, 0.2) is 23.6 Å². The summed E-state index contributed by atoms with van der Waals surface area (Å²) in [5, 5.41) is 16.1. The highest BCUT2D eigenvalue weighted by Crippen LogP contribution is 2.16. The number of nitrogens with one attached hydrogen (secondary N) is 1. The second-order valence-electron chi connectivity index (χ2n) is 7.12. The molecule has 0 spiro atoms. The van der Waals surface area contributed by atoms with E-state index in [2.05, 4.69) is 10.3 Å². The SMILES string of the molecule is Cc1ccc(C(=O)N[C@@H]2CN(C(=O)CCc3csc(C)n3)C[C@H]2O)c(C)c1. The lowest BCUT2D eigenvalue weighted by Crippen LogP contribution is -2.43. The number of thiazole rings is 1. The van der Waals surface area contributed by atoms with Crippen molar-refractivity contribution >= 4 is 23.2 Å². The number of hydrogen-bond acceptors (Lipinski definition) is 5. The third kappa shape index (κ3) is 4.73. The van der Waals surface area contributed by atoms with Crippen LogP contribution in [0.5, 0.6) is 0 Å². The predicted molar refractivity (Wildman–Crippen MR) is 105 cm³/mol. The van der Waals surface area contributed by atoms with E-state index >= 15 is 0 Å². The van der Waals surface area contributed by atoms with E-state index < -0.39 is 12.1 Å². The van der Waals surface area contributed by atoms with Crippen LogP contribution in [0.2, 0.25) is 0 Å². The number of rotatable bonds is 5. The van der Waals surface area contributed by atoms with Crippen molar-refractivity contribution in [1.29, 1.82) is 0 Å². The molecular formula is C20H25N3O3S. The lowest BCUT2D eigenvalue weighted by molar-refractivity contribution is -0.130. The molecule has 0 bridgehead atoms. The van der Waals surface area contributed by atoms with Gasteiger partial charge in [-0.1, -0.05) is 17.7 Å². The molecule has 2 heterocycles. The minimum absolute atomic E-state index is 0.0250. The largest absolute Gasteiger partial charge is 0.389 e. The first-order valence-electron chi connectivity index (χ1n) is 9.08. The van der Waals surface area contributed by atoms with Crippen LogP contribution in [0.25, 0.3) is 0 Å². The highest BCUT2D eigenvalue weighted by molar-refractivity contribution is 7.09. The van der Waals surface area contributed by atoms with Crippen molar-refractivity contribution in [1.82, 2.24) is 15.2 Å². The minimum Gasteiger partial charge on any atom is -0.389 e. The van der Waals surface area contributed by atoms with Crippen LogP contribution in [0.3, 0.4) is 0 Å². The predicted octanol–water partition coefficient (Wildman–Crippen LogP) is 2.00. The van der Waals surface area contributed by atoms with Crippen LogP contribution in [0.1, 0.15) is 38.6 Å². The van der Waals surface area contributed by atoms with Gasteiger partial charge < -0.3 is 15.3 Å². The van der Waals surface area contributed by atoms with E-state index in [1.807, 2.05) is 38.3 Å². The van der Waals surface area contributed by atoms with Crippen LogP contribution in [0.4, 0.5) is 0 Å². The van der Waals surface area contributed by atoms with Gasteiger partial charge in [-0.2, -0.15) is 0 Å². The number of aliphatic hydroxyl groups excluding tert-OH is 1. The summed E-state index contributed by atoms with van der Waals surface area (Å²) in [5.74, 6) is -0.244. The van der Waals surface area contributed by atoms with Crippen LogP contribution in [-0.2, 0) is 11.2 Å². The maximum Gasteiger partial charge on any atom is 0.251 e. The number of β-amino-alcohol motifs (C(OH)–C–C–N with tert-alkyl or cyclic N) is 1. The number of likely N-dealkylation sites (tertiary alicyclic amines) is 1. The Morgan fingerprint density at radius 2 is 2.07 bits per heavy atom. The number of carbonyl (C=O) groups excluding carboxylic acids is 2. The number of hydrogen-bond donors (Lipinski definition) is 2. The summed E-state index contributed by atoms with van der Waals surface area (Å²) in [4.78, 5) is 31.0. The Kier molecular flexibility index (Phi) is 5.92.